The average molecular weight is 991 g/mol. The molecule has 0 saturated heterocycles. The van der Waals surface area contributed by atoms with Gasteiger partial charge < -0.3 is 23.1 Å². The summed E-state index contributed by atoms with van der Waals surface area (Å²) in [7, 11) is 0. The highest BCUT2D eigenvalue weighted by molar-refractivity contribution is 6.31. The van der Waals surface area contributed by atoms with E-state index in [2.05, 4.69) is 268 Å². The van der Waals surface area contributed by atoms with Crippen LogP contribution in [0.3, 0.4) is 0 Å². The van der Waals surface area contributed by atoms with Crippen molar-refractivity contribution < 1.29 is 13.3 Å². The number of hydrogen-bond donors (Lipinski definition) is 0. The predicted octanol–water partition coefficient (Wildman–Crippen LogP) is 21.2. The molecule has 0 unspecified atom stereocenters. The molecule has 0 fully saturated rings. The van der Waals surface area contributed by atoms with Gasteiger partial charge in [-0.15, -0.1) is 0 Å². The zero-order chi connectivity index (χ0) is 51.5. The van der Waals surface area contributed by atoms with Crippen molar-refractivity contribution >= 4 is 121 Å². The second kappa shape index (κ2) is 17.4. The Balaban J connectivity index is 0.998. The Bertz CT molecular complexity index is 4520. The topological polar surface area (TPSA) is 45.9 Å². The molecule has 0 N–H and O–H groups in total. The minimum absolute atomic E-state index is 0.791. The molecule has 3 heterocycles. The monoisotopic (exact) mass is 990 g/mol. The second-order valence-corrected chi connectivity index (χ2v) is 20.7. The van der Waals surface area contributed by atoms with Gasteiger partial charge in [0.25, 0.3) is 0 Å². The number of rotatable bonds is 8. The van der Waals surface area contributed by atoms with Crippen LogP contribution in [0.15, 0.2) is 244 Å². The van der Waals surface area contributed by atoms with Gasteiger partial charge in [0.05, 0.1) is 22.7 Å². The van der Waals surface area contributed by atoms with E-state index in [0.717, 1.165) is 144 Å². The van der Waals surface area contributed by atoms with Crippen molar-refractivity contribution in [2.24, 2.45) is 0 Å². The fourth-order valence-electron chi connectivity index (χ4n) is 12.5. The molecule has 0 aliphatic heterocycles. The molecule has 0 atom stereocenters. The Kier molecular flexibility index (Phi) is 10.1. The van der Waals surface area contributed by atoms with Crippen LogP contribution in [-0.4, -0.2) is 0 Å². The van der Waals surface area contributed by atoms with Crippen LogP contribution in [0.4, 0.5) is 34.1 Å². The molecule has 0 aliphatic rings. The summed E-state index contributed by atoms with van der Waals surface area (Å²) in [5, 5.41) is 10.8. The van der Waals surface area contributed by atoms with E-state index in [-0.39, 0.29) is 0 Å². The Morgan fingerprint density at radius 2 is 0.597 bits per heavy atom. The average Bonchev–Trinajstić information content (AvgIpc) is 4.29. The van der Waals surface area contributed by atoms with E-state index < -0.39 is 0 Å². The summed E-state index contributed by atoms with van der Waals surface area (Å²) in [5.41, 5.74) is 19.9. The quantitative estimate of drug-likeness (QED) is 0.152. The second-order valence-electron chi connectivity index (χ2n) is 20.7. The van der Waals surface area contributed by atoms with Crippen molar-refractivity contribution in [2.75, 3.05) is 9.80 Å². The van der Waals surface area contributed by atoms with E-state index in [1.165, 1.54) is 22.3 Å². The molecule has 12 aromatic carbocycles. The lowest BCUT2D eigenvalue weighted by molar-refractivity contribution is 0.668. The van der Waals surface area contributed by atoms with Crippen LogP contribution in [0.1, 0.15) is 22.3 Å². The summed E-state index contributed by atoms with van der Waals surface area (Å²) in [6.07, 6.45) is 0. The molecular formula is C72H50N2O3. The molecule has 0 spiro atoms. The smallest absolute Gasteiger partial charge is 0.159 e. The minimum atomic E-state index is 0.791. The van der Waals surface area contributed by atoms with Gasteiger partial charge in [-0.3, -0.25) is 0 Å². The van der Waals surface area contributed by atoms with E-state index in [4.69, 9.17) is 13.3 Å². The molecule has 0 aliphatic carbocycles. The van der Waals surface area contributed by atoms with Gasteiger partial charge in [-0.05, 0) is 108 Å². The molecular weight excluding hydrogens is 941 g/mol. The maximum Gasteiger partial charge on any atom is 0.159 e. The van der Waals surface area contributed by atoms with Crippen LogP contribution in [0.25, 0.3) is 110 Å². The normalized spacial score (nSPS) is 11.9. The van der Waals surface area contributed by atoms with Crippen molar-refractivity contribution in [1.29, 1.82) is 0 Å². The maximum absolute atomic E-state index is 7.39. The summed E-state index contributed by atoms with van der Waals surface area (Å²) < 4.78 is 21.7. The van der Waals surface area contributed by atoms with Gasteiger partial charge in [-0.1, -0.05) is 182 Å². The lowest BCUT2D eigenvalue weighted by Gasteiger charge is -2.28. The van der Waals surface area contributed by atoms with E-state index in [1.807, 2.05) is 0 Å². The molecule has 366 valence electrons. The minimum Gasteiger partial charge on any atom is -0.456 e. The first-order valence-corrected chi connectivity index (χ1v) is 26.4. The number of furan rings is 3. The largest absolute Gasteiger partial charge is 0.456 e. The fraction of sp³-hybridized carbons (Fsp3) is 0.0556. The number of benzene rings is 12. The number of hydrogen-bond acceptors (Lipinski definition) is 5. The molecule has 15 rings (SSSR count). The Labute approximate surface area is 445 Å². The fourth-order valence-corrected chi connectivity index (χ4v) is 12.5. The molecule has 5 nitrogen and oxygen atoms in total. The van der Waals surface area contributed by atoms with Crippen LogP contribution in [0.2, 0.25) is 0 Å². The van der Waals surface area contributed by atoms with E-state index in [9.17, 15) is 0 Å². The van der Waals surface area contributed by atoms with Crippen LogP contribution >= 0.6 is 0 Å². The molecule has 5 heteroatoms. The highest BCUT2D eigenvalue weighted by atomic mass is 16.3. The standard InChI is InChI=1S/C72H50N2O3/c1-43-35-44(2)38-49(37-43)73(61-33-17-31-59-57-29-15-27-51(69(57)76-71(59)61)47-19-7-5-8-20-47)63-41-65-67(55-25-13-11-23-53(55)63)68-56-26-14-12-24-54(56)64(42-66(68)75-65)74(50-39-45(3)36-46(4)40-50)62-34-18-32-60-58-30-16-28-52(70(58)77-72(60)62)48-21-9-6-10-22-48/h5-42H,1-4H3. The van der Waals surface area contributed by atoms with Gasteiger partial charge in [-0.2, -0.15) is 0 Å². The Morgan fingerprint density at radius 1 is 0.260 bits per heavy atom. The molecule has 0 radical (unpaired) electrons. The van der Waals surface area contributed by atoms with Gasteiger partial charge in [-0.25, -0.2) is 0 Å². The lowest BCUT2D eigenvalue weighted by Crippen LogP contribution is -2.11. The lowest BCUT2D eigenvalue weighted by atomic mass is 9.96. The molecule has 77 heavy (non-hydrogen) atoms. The predicted molar refractivity (Wildman–Crippen MR) is 322 cm³/mol. The molecule has 0 bridgehead atoms. The number of anilines is 6. The summed E-state index contributed by atoms with van der Waals surface area (Å²) >= 11 is 0. The summed E-state index contributed by atoms with van der Waals surface area (Å²) in [4.78, 5) is 4.76. The zero-order valence-electron chi connectivity index (χ0n) is 43.1. The number of aryl methyl sites for hydroxylation is 4. The first kappa shape index (κ1) is 44.6. The van der Waals surface area contributed by atoms with Crippen molar-refractivity contribution in [1.82, 2.24) is 0 Å². The SMILES string of the molecule is Cc1cc(C)cc(N(c2cc3oc4cc(N(c5cc(C)cc(C)c5)c5cccc6c5oc5c(-c7ccccc7)cccc56)c5ccccc5c4c3c3ccccc23)c2cccc3c2oc2c(-c4ccccc4)cccc23)c1. The molecule has 0 saturated carbocycles. The van der Waals surface area contributed by atoms with Gasteiger partial charge in [0, 0.05) is 77.7 Å². The van der Waals surface area contributed by atoms with Gasteiger partial charge in [0.2, 0.25) is 0 Å². The van der Waals surface area contributed by atoms with Crippen LogP contribution in [-0.2, 0) is 0 Å². The van der Waals surface area contributed by atoms with Crippen molar-refractivity contribution in [2.45, 2.75) is 27.7 Å². The number of para-hydroxylation sites is 4. The van der Waals surface area contributed by atoms with E-state index in [1.54, 1.807) is 0 Å². The summed E-state index contributed by atoms with van der Waals surface area (Å²) in [6, 6.07) is 82.6. The third-order valence-electron chi connectivity index (χ3n) is 15.5. The highest BCUT2D eigenvalue weighted by Gasteiger charge is 2.28. The first-order chi connectivity index (χ1) is 37.8. The van der Waals surface area contributed by atoms with Gasteiger partial charge >= 0.3 is 0 Å². The van der Waals surface area contributed by atoms with Crippen LogP contribution in [0, 0.1) is 27.7 Å². The van der Waals surface area contributed by atoms with E-state index >= 15 is 0 Å². The van der Waals surface area contributed by atoms with Gasteiger partial charge in [0.1, 0.15) is 22.3 Å². The Hall–Kier alpha value is -9.84. The van der Waals surface area contributed by atoms with Crippen molar-refractivity contribution in [3.8, 4) is 22.3 Å². The zero-order valence-corrected chi connectivity index (χ0v) is 43.1. The van der Waals surface area contributed by atoms with Crippen molar-refractivity contribution in [3.05, 3.63) is 253 Å². The number of nitrogens with zero attached hydrogens (tertiary/aromatic N) is 2. The molecule has 15 aromatic rings. The van der Waals surface area contributed by atoms with Crippen molar-refractivity contribution in [3.63, 3.8) is 0 Å². The van der Waals surface area contributed by atoms with Gasteiger partial charge in [0.15, 0.2) is 11.2 Å². The third-order valence-corrected chi connectivity index (χ3v) is 15.5. The summed E-state index contributed by atoms with van der Waals surface area (Å²) in [5.74, 6) is 0. The number of fused-ring (bicyclic) bond motifs is 13. The van der Waals surface area contributed by atoms with Crippen LogP contribution in [0.5, 0.6) is 0 Å². The Morgan fingerprint density at radius 3 is 1.00 bits per heavy atom. The maximum atomic E-state index is 7.39. The summed E-state index contributed by atoms with van der Waals surface area (Å²) in [6.45, 7) is 8.68. The van der Waals surface area contributed by atoms with E-state index in [0.29, 0.717) is 0 Å². The molecule has 0 amide bonds. The molecule has 3 aromatic heterocycles. The third kappa shape index (κ3) is 7.08. The highest BCUT2D eigenvalue weighted by Crippen LogP contribution is 2.52. The van der Waals surface area contributed by atoms with Crippen LogP contribution < -0.4 is 9.80 Å². The first-order valence-electron chi connectivity index (χ1n) is 26.4.